The number of nitrogens with two attached hydrogens (primary N) is 2. The lowest BCUT2D eigenvalue weighted by Gasteiger charge is -2.13. The Balaban J connectivity index is 1.99. The Morgan fingerprint density at radius 2 is 1.94 bits per heavy atom. The van der Waals surface area contributed by atoms with E-state index < -0.39 is 0 Å². The molecule has 0 aromatic heterocycles. The van der Waals surface area contributed by atoms with E-state index in [-0.39, 0.29) is 18.1 Å². The van der Waals surface area contributed by atoms with E-state index >= 15 is 0 Å². The minimum Gasteiger partial charge on any atom is -0.399 e. The molecule has 18 heavy (non-hydrogen) atoms. The fourth-order valence-electron chi connectivity index (χ4n) is 2.36. The summed E-state index contributed by atoms with van der Waals surface area (Å²) in [6, 6.07) is 5.07. The first kappa shape index (κ1) is 12.7. The number of anilines is 2. The van der Waals surface area contributed by atoms with Crippen LogP contribution in [0.15, 0.2) is 18.2 Å². The fraction of sp³-hybridized carbons (Fsp3) is 0.462. The summed E-state index contributed by atoms with van der Waals surface area (Å²) in [5.41, 5.74) is 12.8. The number of hydrogen-bond donors (Lipinski definition) is 3. The Morgan fingerprint density at radius 3 is 2.50 bits per heavy atom. The molecule has 0 heterocycles. The summed E-state index contributed by atoms with van der Waals surface area (Å²) in [5, 5.41) is 2.98. The van der Waals surface area contributed by atoms with Gasteiger partial charge in [0.05, 0.1) is 6.10 Å². The van der Waals surface area contributed by atoms with Gasteiger partial charge >= 0.3 is 0 Å². The van der Waals surface area contributed by atoms with Gasteiger partial charge in [0, 0.05) is 30.1 Å². The molecule has 1 aliphatic rings. The van der Waals surface area contributed by atoms with Gasteiger partial charge in [-0.25, -0.2) is 0 Å². The number of nitrogen functional groups attached to an aromatic ring is 2. The molecule has 98 valence electrons. The molecule has 1 aromatic rings. The van der Waals surface area contributed by atoms with Crippen LogP contribution in [-0.2, 0) is 4.74 Å². The number of ether oxygens (including phenoxy) is 1. The molecule has 1 amide bonds. The van der Waals surface area contributed by atoms with Crippen molar-refractivity contribution >= 4 is 17.3 Å². The van der Waals surface area contributed by atoms with Gasteiger partial charge < -0.3 is 21.5 Å². The zero-order valence-corrected chi connectivity index (χ0v) is 10.5. The highest BCUT2D eigenvalue weighted by Gasteiger charge is 2.25. The average Bonchev–Trinajstić information content (AvgIpc) is 2.75. The maximum atomic E-state index is 12.0. The van der Waals surface area contributed by atoms with E-state index in [0.717, 1.165) is 19.3 Å². The van der Waals surface area contributed by atoms with Crippen LogP contribution in [0, 0.1) is 0 Å². The van der Waals surface area contributed by atoms with Crippen LogP contribution in [0.4, 0.5) is 11.4 Å². The minimum atomic E-state index is -0.129. The first-order valence-electron chi connectivity index (χ1n) is 6.08. The molecular weight excluding hydrogens is 230 g/mol. The smallest absolute Gasteiger partial charge is 0.251 e. The molecule has 5 nitrogen and oxygen atoms in total. The maximum Gasteiger partial charge on any atom is 0.251 e. The molecule has 0 aliphatic heterocycles. The van der Waals surface area contributed by atoms with Crippen molar-refractivity contribution in [2.75, 3.05) is 18.6 Å². The van der Waals surface area contributed by atoms with Crippen LogP contribution in [-0.4, -0.2) is 25.2 Å². The highest BCUT2D eigenvalue weighted by molar-refractivity contribution is 5.96. The normalized spacial score (nSPS) is 22.9. The van der Waals surface area contributed by atoms with Gasteiger partial charge in [0.25, 0.3) is 5.91 Å². The molecule has 5 N–H and O–H groups in total. The minimum absolute atomic E-state index is 0.129. The lowest BCUT2D eigenvalue weighted by Crippen LogP contribution is -2.33. The van der Waals surface area contributed by atoms with Crippen molar-refractivity contribution in [3.05, 3.63) is 23.8 Å². The van der Waals surface area contributed by atoms with E-state index in [1.165, 1.54) is 0 Å². The van der Waals surface area contributed by atoms with Gasteiger partial charge in [0.1, 0.15) is 0 Å². The molecule has 0 bridgehead atoms. The number of hydrogen-bond acceptors (Lipinski definition) is 4. The summed E-state index contributed by atoms with van der Waals surface area (Å²) in [6.45, 7) is 0. The van der Waals surface area contributed by atoms with Crippen molar-refractivity contribution in [1.29, 1.82) is 0 Å². The van der Waals surface area contributed by atoms with E-state index in [2.05, 4.69) is 5.32 Å². The Labute approximate surface area is 106 Å². The summed E-state index contributed by atoms with van der Waals surface area (Å²) in [5.74, 6) is -0.129. The van der Waals surface area contributed by atoms with Crippen LogP contribution >= 0.6 is 0 Å². The number of nitrogens with one attached hydrogen (secondary N) is 1. The van der Waals surface area contributed by atoms with Crippen LogP contribution in [0.1, 0.15) is 29.6 Å². The van der Waals surface area contributed by atoms with E-state index in [1.807, 2.05) is 0 Å². The quantitative estimate of drug-likeness (QED) is 0.701. The molecule has 5 heteroatoms. The molecule has 0 spiro atoms. The van der Waals surface area contributed by atoms with Crippen molar-refractivity contribution in [3.8, 4) is 0 Å². The summed E-state index contributed by atoms with van der Waals surface area (Å²) in [7, 11) is 1.70. The molecule has 1 aliphatic carbocycles. The van der Waals surface area contributed by atoms with E-state index in [9.17, 15) is 4.79 Å². The van der Waals surface area contributed by atoms with Crippen LogP contribution in [0.5, 0.6) is 0 Å². The highest BCUT2D eigenvalue weighted by Crippen LogP contribution is 2.22. The van der Waals surface area contributed by atoms with Crippen molar-refractivity contribution in [2.45, 2.75) is 31.4 Å². The van der Waals surface area contributed by atoms with Gasteiger partial charge in [-0.3, -0.25) is 4.79 Å². The molecule has 1 fully saturated rings. The lowest BCUT2D eigenvalue weighted by atomic mass is 10.1. The molecule has 2 rings (SSSR count). The number of methoxy groups -OCH3 is 1. The number of rotatable bonds is 3. The van der Waals surface area contributed by atoms with E-state index in [1.54, 1.807) is 25.3 Å². The predicted octanol–water partition coefficient (Wildman–Crippen LogP) is 1.15. The molecule has 2 atom stereocenters. The first-order valence-corrected chi connectivity index (χ1v) is 6.08. The maximum absolute atomic E-state index is 12.0. The standard InChI is InChI=1S/C13H19N3O2/c1-18-12-3-2-11(7-12)16-13(17)8-4-9(14)6-10(15)5-8/h4-6,11-12H,2-3,7,14-15H2,1H3,(H,16,17). The molecule has 0 radical (unpaired) electrons. The Kier molecular flexibility index (Phi) is 3.72. The fourth-order valence-corrected chi connectivity index (χ4v) is 2.36. The van der Waals surface area contributed by atoms with Crippen LogP contribution in [0.3, 0.4) is 0 Å². The van der Waals surface area contributed by atoms with Gasteiger partial charge in [-0.1, -0.05) is 0 Å². The lowest BCUT2D eigenvalue weighted by molar-refractivity contribution is 0.0915. The van der Waals surface area contributed by atoms with Gasteiger partial charge in [-0.2, -0.15) is 0 Å². The third-order valence-corrected chi connectivity index (χ3v) is 3.29. The second-order valence-corrected chi connectivity index (χ2v) is 4.73. The summed E-state index contributed by atoms with van der Waals surface area (Å²) in [6.07, 6.45) is 3.05. The van der Waals surface area contributed by atoms with Gasteiger partial charge in [0.2, 0.25) is 0 Å². The van der Waals surface area contributed by atoms with Crippen molar-refractivity contribution in [2.24, 2.45) is 0 Å². The summed E-state index contributed by atoms with van der Waals surface area (Å²) < 4.78 is 5.28. The van der Waals surface area contributed by atoms with Crippen LogP contribution < -0.4 is 16.8 Å². The average molecular weight is 249 g/mol. The van der Waals surface area contributed by atoms with Crippen LogP contribution in [0.2, 0.25) is 0 Å². The molecule has 1 aromatic carbocycles. The zero-order chi connectivity index (χ0) is 13.1. The number of carbonyl (C=O) groups is 1. The van der Waals surface area contributed by atoms with Crippen molar-refractivity contribution in [3.63, 3.8) is 0 Å². The van der Waals surface area contributed by atoms with E-state index in [4.69, 9.17) is 16.2 Å². The second kappa shape index (κ2) is 5.27. The summed E-state index contributed by atoms with van der Waals surface area (Å²) >= 11 is 0. The number of carbonyl (C=O) groups excluding carboxylic acids is 1. The highest BCUT2D eigenvalue weighted by atomic mass is 16.5. The predicted molar refractivity (Wildman–Crippen MR) is 71.2 cm³/mol. The topological polar surface area (TPSA) is 90.4 Å². The largest absolute Gasteiger partial charge is 0.399 e. The van der Waals surface area contributed by atoms with Gasteiger partial charge in [0.15, 0.2) is 0 Å². The van der Waals surface area contributed by atoms with Gasteiger partial charge in [-0.05, 0) is 37.5 Å². The number of benzene rings is 1. The first-order chi connectivity index (χ1) is 8.58. The molecular formula is C13H19N3O2. The van der Waals surface area contributed by atoms with Crippen LogP contribution in [0.25, 0.3) is 0 Å². The number of amides is 1. The Morgan fingerprint density at radius 1 is 1.28 bits per heavy atom. The third kappa shape index (κ3) is 2.92. The Bertz CT molecular complexity index is 428. The SMILES string of the molecule is COC1CCC(NC(=O)c2cc(N)cc(N)c2)C1. The Hall–Kier alpha value is -1.75. The third-order valence-electron chi connectivity index (χ3n) is 3.29. The van der Waals surface area contributed by atoms with Crippen molar-refractivity contribution < 1.29 is 9.53 Å². The zero-order valence-electron chi connectivity index (χ0n) is 10.5. The van der Waals surface area contributed by atoms with E-state index in [0.29, 0.717) is 16.9 Å². The monoisotopic (exact) mass is 249 g/mol. The summed E-state index contributed by atoms with van der Waals surface area (Å²) in [4.78, 5) is 12.0. The molecule has 0 saturated heterocycles. The molecule has 1 saturated carbocycles. The van der Waals surface area contributed by atoms with Gasteiger partial charge in [-0.15, -0.1) is 0 Å². The second-order valence-electron chi connectivity index (χ2n) is 4.73. The molecule has 2 unspecified atom stereocenters. The van der Waals surface area contributed by atoms with Crippen molar-refractivity contribution in [1.82, 2.24) is 5.32 Å².